The Morgan fingerprint density at radius 2 is 1.97 bits per heavy atom. The monoisotopic (exact) mass is 526 g/mol. The zero-order valence-corrected chi connectivity index (χ0v) is 21.4. The van der Waals surface area contributed by atoms with Crippen LogP contribution in [0, 0.1) is 6.92 Å². The normalized spacial score (nSPS) is 13.5. The molecule has 0 saturated heterocycles. The van der Waals surface area contributed by atoms with E-state index in [-0.39, 0.29) is 28.4 Å². The van der Waals surface area contributed by atoms with Crippen LogP contribution in [0.5, 0.6) is 5.75 Å². The van der Waals surface area contributed by atoms with Gasteiger partial charge in [0.05, 0.1) is 33.3 Å². The molecule has 3 aromatic rings. The van der Waals surface area contributed by atoms with Gasteiger partial charge in [-0.25, -0.2) is 14.3 Å². The van der Waals surface area contributed by atoms with Crippen LogP contribution in [0.2, 0.25) is 0 Å². The Kier molecular flexibility index (Phi) is 9.07. The number of nitrogens with zero attached hydrogens (tertiary/aromatic N) is 4. The number of hydrogen-bond acceptors (Lipinski definition) is 6. The van der Waals surface area contributed by atoms with Gasteiger partial charge in [0.25, 0.3) is 0 Å². The molecule has 8 nitrogen and oxygen atoms in total. The molecule has 12 heteroatoms. The summed E-state index contributed by atoms with van der Waals surface area (Å²) in [7, 11) is -0.176. The molecular weight excluding hydrogens is 497 g/mol. The van der Waals surface area contributed by atoms with Crippen LogP contribution in [0.25, 0.3) is 11.0 Å². The van der Waals surface area contributed by atoms with E-state index in [4.69, 9.17) is 9.47 Å². The Hall–Kier alpha value is -2.99. The van der Waals surface area contributed by atoms with Gasteiger partial charge in [-0.05, 0) is 45.4 Å². The minimum atomic E-state index is -4.49. The van der Waals surface area contributed by atoms with Crippen LogP contribution in [0.4, 0.5) is 18.0 Å². The fraction of sp³-hybridized carbons (Fsp3) is 0.458. The molecule has 3 rings (SSSR count). The number of pyridine rings is 1. The fourth-order valence-electron chi connectivity index (χ4n) is 3.49. The topological polar surface area (TPSA) is 86.6 Å². The highest BCUT2D eigenvalue weighted by Crippen LogP contribution is 2.26. The Bertz CT molecular complexity index is 1230. The Labute approximate surface area is 209 Å². The van der Waals surface area contributed by atoms with Gasteiger partial charge < -0.3 is 14.4 Å². The molecule has 0 saturated carbocycles. The quantitative estimate of drug-likeness (QED) is 0.356. The van der Waals surface area contributed by atoms with E-state index in [1.807, 2.05) is 13.8 Å². The van der Waals surface area contributed by atoms with Crippen LogP contribution in [0.3, 0.4) is 0 Å². The predicted molar refractivity (Wildman–Crippen MR) is 129 cm³/mol. The second-order valence-corrected chi connectivity index (χ2v) is 9.57. The summed E-state index contributed by atoms with van der Waals surface area (Å²) in [5.74, 6) is -0.156. The van der Waals surface area contributed by atoms with E-state index < -0.39 is 29.6 Å². The lowest BCUT2D eigenvalue weighted by molar-refractivity contribution is -0.153. The number of ether oxygens (including phenoxy) is 2. The number of aromatic nitrogens is 3. The van der Waals surface area contributed by atoms with Crippen LogP contribution in [-0.4, -0.2) is 68.8 Å². The lowest BCUT2D eigenvalue weighted by Crippen LogP contribution is -2.39. The van der Waals surface area contributed by atoms with Gasteiger partial charge in [0.2, 0.25) is 5.16 Å². The Morgan fingerprint density at radius 3 is 2.67 bits per heavy atom. The van der Waals surface area contributed by atoms with Crippen LogP contribution < -0.4 is 4.74 Å². The first-order valence-corrected chi connectivity index (χ1v) is 12.7. The SMILES string of the molecule is CCOCCC(C)N(C)C(=O)n1c(S(=O)Cc2nccc(OCC(F)(F)F)c2C)nc2ccccc21. The number of benzene rings is 1. The van der Waals surface area contributed by atoms with Gasteiger partial charge in [0.1, 0.15) is 5.75 Å². The zero-order chi connectivity index (χ0) is 26.5. The van der Waals surface area contributed by atoms with Gasteiger partial charge in [0, 0.05) is 38.1 Å². The van der Waals surface area contributed by atoms with Crippen LogP contribution in [0.15, 0.2) is 41.7 Å². The molecule has 2 atom stereocenters. The number of alkyl halides is 3. The molecular formula is C24H29F3N4O4S. The molecule has 2 heterocycles. The van der Waals surface area contributed by atoms with E-state index in [0.29, 0.717) is 36.2 Å². The molecule has 36 heavy (non-hydrogen) atoms. The van der Waals surface area contributed by atoms with Gasteiger partial charge in [0.15, 0.2) is 6.61 Å². The van der Waals surface area contributed by atoms with Crippen molar-refractivity contribution in [1.82, 2.24) is 19.4 Å². The highest BCUT2D eigenvalue weighted by molar-refractivity contribution is 7.84. The van der Waals surface area contributed by atoms with Gasteiger partial charge in [-0.1, -0.05) is 12.1 Å². The number of amides is 1. The number of imidazole rings is 1. The molecule has 196 valence electrons. The van der Waals surface area contributed by atoms with Gasteiger partial charge >= 0.3 is 12.2 Å². The smallest absolute Gasteiger partial charge is 0.422 e. The molecule has 0 N–H and O–H groups in total. The third kappa shape index (κ3) is 6.61. The maximum Gasteiger partial charge on any atom is 0.422 e. The molecule has 2 unspecified atom stereocenters. The van der Waals surface area contributed by atoms with E-state index in [0.717, 1.165) is 0 Å². The second-order valence-electron chi connectivity index (χ2n) is 8.22. The summed E-state index contributed by atoms with van der Waals surface area (Å²) in [6, 6.07) is 7.72. The highest BCUT2D eigenvalue weighted by Gasteiger charge is 2.29. The van der Waals surface area contributed by atoms with E-state index in [2.05, 4.69) is 9.97 Å². The van der Waals surface area contributed by atoms with Crippen molar-refractivity contribution < 1.29 is 31.6 Å². The number of carbonyl (C=O) groups excluding carboxylic acids is 1. The number of hydrogen-bond donors (Lipinski definition) is 0. The molecule has 2 aromatic heterocycles. The number of para-hydroxylation sites is 2. The molecule has 0 aliphatic carbocycles. The average Bonchev–Trinajstić information content (AvgIpc) is 3.23. The van der Waals surface area contributed by atoms with Crippen LogP contribution >= 0.6 is 0 Å². The molecule has 0 bridgehead atoms. The number of carbonyl (C=O) groups is 1. The van der Waals surface area contributed by atoms with Crippen molar-refractivity contribution in [2.45, 2.75) is 50.3 Å². The summed E-state index contributed by atoms with van der Waals surface area (Å²) in [6.45, 7) is 4.97. The summed E-state index contributed by atoms with van der Waals surface area (Å²) < 4.78 is 62.8. The zero-order valence-electron chi connectivity index (χ0n) is 20.5. The summed E-state index contributed by atoms with van der Waals surface area (Å²) in [5.41, 5.74) is 1.63. The third-order valence-electron chi connectivity index (χ3n) is 5.69. The van der Waals surface area contributed by atoms with Crippen molar-refractivity contribution in [3.63, 3.8) is 0 Å². The maximum absolute atomic E-state index is 13.5. The summed E-state index contributed by atoms with van der Waals surface area (Å²) >= 11 is 0. The molecule has 0 aliphatic heterocycles. The second kappa shape index (κ2) is 11.8. The number of halogens is 3. The summed E-state index contributed by atoms with van der Waals surface area (Å²) in [4.78, 5) is 23.7. The standard InChI is InChI=1S/C24H29F3N4O4S/c1-5-34-13-11-16(2)30(4)23(32)31-20-9-7-6-8-18(20)29-22(31)36(33)14-19-17(3)21(10-12-28-19)35-15-24(25,26)27/h6-10,12,16H,5,11,13-15H2,1-4H3. The largest absolute Gasteiger partial charge is 0.484 e. The molecule has 1 amide bonds. The third-order valence-corrected chi connectivity index (χ3v) is 6.91. The van der Waals surface area contributed by atoms with Crippen molar-refractivity contribution in [1.29, 1.82) is 0 Å². The van der Waals surface area contributed by atoms with Gasteiger partial charge in [-0.15, -0.1) is 0 Å². The molecule has 0 fully saturated rings. The number of rotatable bonds is 10. The van der Waals surface area contributed by atoms with Gasteiger partial charge in [-0.2, -0.15) is 13.2 Å². The van der Waals surface area contributed by atoms with Crippen molar-refractivity contribution in [2.24, 2.45) is 0 Å². The minimum Gasteiger partial charge on any atom is -0.484 e. The summed E-state index contributed by atoms with van der Waals surface area (Å²) in [6.07, 6.45) is -2.57. The number of fused-ring (bicyclic) bond motifs is 1. The first kappa shape index (κ1) is 27.6. The fourth-order valence-corrected chi connectivity index (χ4v) is 4.74. The van der Waals surface area contributed by atoms with Crippen LogP contribution in [-0.2, 0) is 21.3 Å². The van der Waals surface area contributed by atoms with Crippen LogP contribution in [0.1, 0.15) is 31.5 Å². The maximum atomic E-state index is 13.5. The Balaban J connectivity index is 1.90. The minimum absolute atomic E-state index is 0.00163. The van der Waals surface area contributed by atoms with E-state index in [1.165, 1.54) is 16.8 Å². The Morgan fingerprint density at radius 1 is 1.25 bits per heavy atom. The lowest BCUT2D eigenvalue weighted by Gasteiger charge is -2.25. The van der Waals surface area contributed by atoms with Gasteiger partial charge in [-0.3, -0.25) is 9.19 Å². The van der Waals surface area contributed by atoms with E-state index in [9.17, 15) is 22.2 Å². The van der Waals surface area contributed by atoms with E-state index in [1.54, 1.807) is 43.1 Å². The highest BCUT2D eigenvalue weighted by atomic mass is 32.2. The first-order valence-electron chi connectivity index (χ1n) is 11.4. The van der Waals surface area contributed by atoms with Crippen molar-refractivity contribution in [3.8, 4) is 5.75 Å². The van der Waals surface area contributed by atoms with E-state index >= 15 is 0 Å². The summed E-state index contributed by atoms with van der Waals surface area (Å²) in [5, 5.41) is 0.0351. The average molecular weight is 527 g/mol. The molecule has 1 aromatic carbocycles. The van der Waals surface area contributed by atoms with Crippen molar-refractivity contribution in [2.75, 3.05) is 26.9 Å². The van der Waals surface area contributed by atoms with Crippen molar-refractivity contribution in [3.05, 3.63) is 47.8 Å². The molecule has 0 spiro atoms. The first-order chi connectivity index (χ1) is 17.0. The molecule has 0 aliphatic rings. The van der Waals surface area contributed by atoms with Crippen molar-refractivity contribution >= 4 is 27.9 Å². The lowest BCUT2D eigenvalue weighted by atomic mass is 10.2. The predicted octanol–water partition coefficient (Wildman–Crippen LogP) is 4.70. The molecule has 0 radical (unpaired) electrons.